The Morgan fingerprint density at radius 3 is 2.29 bits per heavy atom. The minimum atomic E-state index is -0.511. The lowest BCUT2D eigenvalue weighted by atomic mass is 9.94. The van der Waals surface area contributed by atoms with Crippen molar-refractivity contribution in [1.29, 1.82) is 0 Å². The number of nitrogens with one attached hydrogen (secondary N) is 2. The maximum atomic E-state index is 13.0. The highest BCUT2D eigenvalue weighted by atomic mass is 16.2. The average molecular weight is 518 g/mol. The van der Waals surface area contributed by atoms with Crippen LogP contribution in [0.15, 0.2) is 54.6 Å². The molecule has 8 heteroatoms. The van der Waals surface area contributed by atoms with Gasteiger partial charge in [-0.3, -0.25) is 4.79 Å². The number of rotatable bonds is 3. The molecule has 0 spiro atoms. The van der Waals surface area contributed by atoms with Crippen molar-refractivity contribution in [3.63, 3.8) is 0 Å². The highest BCUT2D eigenvalue weighted by Gasteiger charge is 2.35. The van der Waals surface area contributed by atoms with Crippen LogP contribution in [-0.4, -0.2) is 71.4 Å². The molecule has 2 atom stereocenters. The van der Waals surface area contributed by atoms with E-state index in [2.05, 4.69) is 22.8 Å². The van der Waals surface area contributed by atoms with Crippen molar-refractivity contribution in [3.05, 3.63) is 65.7 Å². The Labute approximate surface area is 225 Å². The first-order chi connectivity index (χ1) is 18.5. The van der Waals surface area contributed by atoms with E-state index in [0.717, 1.165) is 30.5 Å². The molecule has 1 saturated carbocycles. The number of nitrogens with zero attached hydrogens (tertiary/aromatic N) is 3. The molecule has 38 heavy (non-hydrogen) atoms. The molecule has 2 N–H and O–H groups in total. The van der Waals surface area contributed by atoms with Gasteiger partial charge in [-0.15, -0.1) is 0 Å². The fourth-order valence-corrected chi connectivity index (χ4v) is 5.54. The number of hydrogen-bond acceptors (Lipinski definition) is 3. The molecule has 5 amide bonds. The molecule has 3 aliphatic heterocycles. The van der Waals surface area contributed by atoms with E-state index in [4.69, 9.17) is 0 Å². The predicted octanol–water partition coefficient (Wildman–Crippen LogP) is 4.78. The third-order valence-electron chi connectivity index (χ3n) is 7.95. The van der Waals surface area contributed by atoms with E-state index in [1.165, 1.54) is 24.8 Å². The topological polar surface area (TPSA) is 85.0 Å². The molecule has 6 rings (SSSR count). The van der Waals surface area contributed by atoms with E-state index < -0.39 is 6.04 Å². The average Bonchev–Trinajstić information content (AvgIpc) is 3.84. The van der Waals surface area contributed by atoms with Crippen molar-refractivity contribution >= 4 is 23.7 Å². The lowest BCUT2D eigenvalue weighted by Crippen LogP contribution is -2.55. The summed E-state index contributed by atoms with van der Waals surface area (Å²) in [4.78, 5) is 44.1. The molecule has 0 bridgehead atoms. The van der Waals surface area contributed by atoms with E-state index >= 15 is 0 Å². The molecular weight excluding hydrogens is 478 g/mol. The summed E-state index contributed by atoms with van der Waals surface area (Å²) in [7, 11) is 1.82. The number of likely N-dealkylation sites (tertiary alicyclic amines) is 2. The highest BCUT2D eigenvalue weighted by molar-refractivity contribution is 5.92. The Hall–Kier alpha value is -3.55. The number of carbonyl (C=O) groups excluding carboxylic acids is 3. The Morgan fingerprint density at radius 2 is 1.58 bits per heavy atom. The minimum Gasteiger partial charge on any atom is -0.343 e. The van der Waals surface area contributed by atoms with Crippen LogP contribution in [0.2, 0.25) is 0 Å². The second-order valence-electron chi connectivity index (χ2n) is 10.9. The van der Waals surface area contributed by atoms with Gasteiger partial charge in [-0.25, -0.2) is 9.59 Å². The zero-order valence-electron chi connectivity index (χ0n) is 22.3. The van der Waals surface area contributed by atoms with Gasteiger partial charge in [0.1, 0.15) is 6.04 Å². The summed E-state index contributed by atoms with van der Waals surface area (Å²) < 4.78 is 0. The fourth-order valence-electron chi connectivity index (χ4n) is 5.54. The second-order valence-corrected chi connectivity index (χ2v) is 10.9. The van der Waals surface area contributed by atoms with Gasteiger partial charge in [0.25, 0.3) is 0 Å². The van der Waals surface area contributed by atoms with Gasteiger partial charge in [-0.2, -0.15) is 0 Å². The van der Waals surface area contributed by atoms with Crippen molar-refractivity contribution in [2.24, 2.45) is 0 Å². The van der Waals surface area contributed by atoms with E-state index in [-0.39, 0.29) is 29.9 Å². The smallest absolute Gasteiger partial charge is 0.322 e. The number of benzene rings is 2. The first-order valence-electron chi connectivity index (χ1n) is 14.0. The molecule has 0 aromatic heterocycles. The fraction of sp³-hybridized carbons (Fsp3) is 0.500. The van der Waals surface area contributed by atoms with Crippen molar-refractivity contribution in [2.45, 2.75) is 69.5 Å². The van der Waals surface area contributed by atoms with Crippen molar-refractivity contribution in [3.8, 4) is 0 Å². The molecule has 2 saturated heterocycles. The lowest BCUT2D eigenvalue weighted by molar-refractivity contribution is -0.131. The van der Waals surface area contributed by atoms with Gasteiger partial charge >= 0.3 is 12.1 Å². The lowest BCUT2D eigenvalue weighted by Gasteiger charge is -2.40. The highest BCUT2D eigenvalue weighted by Crippen LogP contribution is 2.29. The number of likely N-dealkylation sites (N-methyl/N-ethyl adjacent to an activating group) is 1. The van der Waals surface area contributed by atoms with Crippen LogP contribution in [0.5, 0.6) is 0 Å². The number of carbonyl (C=O) groups is 3. The summed E-state index contributed by atoms with van der Waals surface area (Å²) in [5.41, 5.74) is 3.21. The summed E-state index contributed by atoms with van der Waals surface area (Å²) in [6.45, 7) is 2.36. The maximum absolute atomic E-state index is 13.0. The SMILES string of the molecule is C1CC1.CN1C[C@@H](c2ccccc2)CC[C@@H](NC(=O)N2CCC(N3Cc4ccccc4NC3=O)CC2)C1=O. The molecule has 2 aromatic carbocycles. The van der Waals surface area contributed by atoms with Crippen LogP contribution in [0.1, 0.15) is 62.0 Å². The summed E-state index contributed by atoms with van der Waals surface area (Å²) >= 11 is 0. The molecule has 4 aliphatic rings. The normalized spacial score (nSPS) is 23.4. The molecule has 0 unspecified atom stereocenters. The van der Waals surface area contributed by atoms with Crippen LogP contribution < -0.4 is 10.6 Å². The zero-order chi connectivity index (χ0) is 26.5. The Kier molecular flexibility index (Phi) is 8.15. The second kappa shape index (κ2) is 11.9. The van der Waals surface area contributed by atoms with Crippen molar-refractivity contribution in [2.75, 3.05) is 32.0 Å². The third kappa shape index (κ3) is 6.29. The van der Waals surface area contributed by atoms with Crippen molar-refractivity contribution < 1.29 is 14.4 Å². The number of urea groups is 2. The molecule has 8 nitrogen and oxygen atoms in total. The quantitative estimate of drug-likeness (QED) is 0.614. The van der Waals surface area contributed by atoms with Crippen LogP contribution >= 0.6 is 0 Å². The van der Waals surface area contributed by atoms with E-state index in [1.54, 1.807) is 9.80 Å². The zero-order valence-corrected chi connectivity index (χ0v) is 22.3. The standard InChI is InChI=1S/C27H33N5O3.C3H6/c1-30-17-20(19-7-3-2-4-8-19)11-12-24(25(30)33)29-26(34)31-15-13-22(14-16-31)32-18-21-9-5-6-10-23(21)28-27(32)35;1-2-3-1/h2-10,20,22,24H,11-18H2,1H3,(H,28,35)(H,29,34);1-3H2/t20-,24+;/m0./s1. The number of para-hydroxylation sites is 1. The molecule has 3 heterocycles. The van der Waals surface area contributed by atoms with Gasteiger partial charge in [-0.05, 0) is 42.9 Å². The summed E-state index contributed by atoms with van der Waals surface area (Å²) in [6.07, 6.45) is 7.41. The Balaban J connectivity index is 0.000000916. The van der Waals surface area contributed by atoms with Crippen LogP contribution in [0.3, 0.4) is 0 Å². The monoisotopic (exact) mass is 517 g/mol. The van der Waals surface area contributed by atoms with Gasteiger partial charge in [-0.1, -0.05) is 67.8 Å². The number of anilines is 1. The van der Waals surface area contributed by atoms with E-state index in [0.29, 0.717) is 32.6 Å². The minimum absolute atomic E-state index is 0.0321. The summed E-state index contributed by atoms with van der Waals surface area (Å²) in [6, 6.07) is 17.4. The Morgan fingerprint density at radius 1 is 0.895 bits per heavy atom. The molecule has 0 radical (unpaired) electrons. The first-order valence-corrected chi connectivity index (χ1v) is 14.0. The third-order valence-corrected chi connectivity index (χ3v) is 7.95. The number of amides is 5. The largest absolute Gasteiger partial charge is 0.343 e. The first kappa shape index (κ1) is 26.1. The molecule has 3 fully saturated rings. The van der Waals surface area contributed by atoms with Crippen molar-refractivity contribution in [1.82, 2.24) is 20.0 Å². The number of hydrogen-bond donors (Lipinski definition) is 2. The maximum Gasteiger partial charge on any atom is 0.322 e. The number of piperidine rings is 1. The Bertz CT molecular complexity index is 1130. The molecule has 202 valence electrons. The predicted molar refractivity (Wildman–Crippen MR) is 148 cm³/mol. The number of fused-ring (bicyclic) bond motifs is 1. The van der Waals surface area contributed by atoms with Crippen LogP contribution in [0.25, 0.3) is 0 Å². The molecule has 2 aromatic rings. The molecular formula is C30H39N5O3. The van der Waals surface area contributed by atoms with Gasteiger partial charge in [0.15, 0.2) is 0 Å². The van der Waals surface area contributed by atoms with Gasteiger partial charge in [0, 0.05) is 50.9 Å². The van der Waals surface area contributed by atoms with Gasteiger partial charge < -0.3 is 25.3 Å². The summed E-state index contributed by atoms with van der Waals surface area (Å²) in [5, 5.41) is 5.98. The van der Waals surface area contributed by atoms with E-state index in [1.807, 2.05) is 54.4 Å². The summed E-state index contributed by atoms with van der Waals surface area (Å²) in [5.74, 6) is 0.235. The van der Waals surface area contributed by atoms with E-state index in [9.17, 15) is 14.4 Å². The van der Waals surface area contributed by atoms with Crippen LogP contribution in [0.4, 0.5) is 15.3 Å². The van der Waals surface area contributed by atoms with Gasteiger partial charge in [0.2, 0.25) is 5.91 Å². The molecule has 1 aliphatic carbocycles. The van der Waals surface area contributed by atoms with Crippen LogP contribution in [0, 0.1) is 0 Å². The van der Waals surface area contributed by atoms with Crippen LogP contribution in [-0.2, 0) is 11.3 Å². The van der Waals surface area contributed by atoms with Gasteiger partial charge in [0.05, 0.1) is 0 Å².